The number of methoxy groups -OCH3 is 1. The molecule has 0 saturated carbocycles. The molecule has 1 amide bonds. The van der Waals surface area contributed by atoms with Crippen LogP contribution in [0.25, 0.3) is 0 Å². The average Bonchev–Trinajstić information content (AvgIpc) is 2.98. The van der Waals surface area contributed by atoms with Crippen molar-refractivity contribution in [3.05, 3.63) is 48.0 Å². The molecule has 2 aromatic rings. The van der Waals surface area contributed by atoms with E-state index < -0.39 is 0 Å². The fourth-order valence-corrected chi connectivity index (χ4v) is 1.72. The van der Waals surface area contributed by atoms with E-state index in [9.17, 15) is 4.79 Å². The summed E-state index contributed by atoms with van der Waals surface area (Å²) in [5.74, 6) is 0.0606. The summed E-state index contributed by atoms with van der Waals surface area (Å²) in [6, 6.07) is 9.80. The molecule has 0 unspecified atom stereocenters. The van der Waals surface area contributed by atoms with Crippen LogP contribution in [0, 0.1) is 0 Å². The number of hydrogen-bond acceptors (Lipinski definition) is 4. The van der Waals surface area contributed by atoms with Gasteiger partial charge in [-0.2, -0.15) is 5.10 Å². The number of hydrogen-bond donors (Lipinski definition) is 1. The number of amides is 1. The van der Waals surface area contributed by atoms with E-state index in [0.29, 0.717) is 19.7 Å². The lowest BCUT2D eigenvalue weighted by Gasteiger charge is -2.21. The first-order valence-corrected chi connectivity index (χ1v) is 5.98. The second-order valence-electron chi connectivity index (χ2n) is 4.04. The minimum absolute atomic E-state index is 0.182. The molecule has 0 spiro atoms. The lowest BCUT2D eigenvalue weighted by atomic mass is 10.2. The topological polar surface area (TPSA) is 71.1 Å². The van der Waals surface area contributed by atoms with Gasteiger partial charge in [-0.3, -0.25) is 9.89 Å². The molecular weight excluding hydrogens is 244 g/mol. The van der Waals surface area contributed by atoms with Crippen molar-refractivity contribution in [1.82, 2.24) is 20.1 Å². The lowest BCUT2D eigenvalue weighted by molar-refractivity contribution is 0.0669. The van der Waals surface area contributed by atoms with E-state index in [0.717, 1.165) is 5.56 Å². The zero-order valence-corrected chi connectivity index (χ0v) is 10.7. The molecule has 0 saturated heterocycles. The van der Waals surface area contributed by atoms with Crippen LogP contribution in [0.5, 0.6) is 0 Å². The number of benzene rings is 1. The van der Waals surface area contributed by atoms with Crippen LogP contribution < -0.4 is 0 Å². The molecule has 0 fully saturated rings. The van der Waals surface area contributed by atoms with Gasteiger partial charge in [-0.05, 0) is 5.56 Å². The first-order valence-electron chi connectivity index (χ1n) is 5.98. The molecule has 0 aliphatic heterocycles. The summed E-state index contributed by atoms with van der Waals surface area (Å²) in [7, 11) is 1.61. The largest absolute Gasteiger partial charge is 0.383 e. The van der Waals surface area contributed by atoms with Gasteiger partial charge in [-0.15, -0.1) is 0 Å². The molecule has 0 aliphatic rings. The van der Waals surface area contributed by atoms with Crippen molar-refractivity contribution < 1.29 is 9.53 Å². The second kappa shape index (κ2) is 6.65. The third kappa shape index (κ3) is 3.62. The Kier molecular flexibility index (Phi) is 4.63. The van der Waals surface area contributed by atoms with Gasteiger partial charge in [0.15, 0.2) is 0 Å². The average molecular weight is 260 g/mol. The van der Waals surface area contributed by atoms with Crippen molar-refractivity contribution in [3.63, 3.8) is 0 Å². The van der Waals surface area contributed by atoms with Gasteiger partial charge in [0.2, 0.25) is 5.82 Å². The Hall–Kier alpha value is -2.21. The third-order valence-electron chi connectivity index (χ3n) is 2.69. The van der Waals surface area contributed by atoms with Gasteiger partial charge in [0, 0.05) is 20.2 Å². The molecule has 100 valence electrons. The molecule has 6 heteroatoms. The van der Waals surface area contributed by atoms with E-state index in [2.05, 4.69) is 15.2 Å². The van der Waals surface area contributed by atoms with Gasteiger partial charge in [0.05, 0.1) is 6.61 Å². The number of ether oxygens (including phenoxy) is 1. The standard InChI is InChI=1S/C13H16N4O2/c1-19-8-7-17(9-11-5-3-2-4-6-11)13(18)12-14-10-15-16-12/h2-6,10H,7-9H2,1H3,(H,14,15,16). The maximum absolute atomic E-state index is 12.3. The van der Waals surface area contributed by atoms with Crippen molar-refractivity contribution in [2.75, 3.05) is 20.3 Å². The summed E-state index contributed by atoms with van der Waals surface area (Å²) in [6.07, 6.45) is 1.32. The number of nitrogens with zero attached hydrogens (tertiary/aromatic N) is 3. The van der Waals surface area contributed by atoms with Crippen molar-refractivity contribution >= 4 is 5.91 Å². The number of carbonyl (C=O) groups excluding carboxylic acids is 1. The van der Waals surface area contributed by atoms with Crippen LogP contribution in [0.3, 0.4) is 0 Å². The van der Waals surface area contributed by atoms with Crippen LogP contribution in [-0.2, 0) is 11.3 Å². The third-order valence-corrected chi connectivity index (χ3v) is 2.69. The van der Waals surface area contributed by atoms with E-state index >= 15 is 0 Å². The summed E-state index contributed by atoms with van der Waals surface area (Å²) >= 11 is 0. The summed E-state index contributed by atoms with van der Waals surface area (Å²) in [5.41, 5.74) is 1.06. The predicted octanol–water partition coefficient (Wildman–Crippen LogP) is 1.09. The van der Waals surface area contributed by atoms with Crippen LogP contribution in [0.15, 0.2) is 36.7 Å². The van der Waals surface area contributed by atoms with Gasteiger partial charge >= 0.3 is 0 Å². The van der Waals surface area contributed by atoms with Gasteiger partial charge in [0.25, 0.3) is 5.91 Å². The fraction of sp³-hybridized carbons (Fsp3) is 0.308. The van der Waals surface area contributed by atoms with Crippen LogP contribution in [0.2, 0.25) is 0 Å². The number of aromatic nitrogens is 3. The minimum atomic E-state index is -0.182. The van der Waals surface area contributed by atoms with Crippen molar-refractivity contribution in [2.24, 2.45) is 0 Å². The first kappa shape index (κ1) is 13.2. The van der Waals surface area contributed by atoms with Gasteiger partial charge in [-0.1, -0.05) is 30.3 Å². The van der Waals surface area contributed by atoms with Gasteiger partial charge in [0.1, 0.15) is 6.33 Å². The normalized spacial score (nSPS) is 10.4. The second-order valence-corrected chi connectivity index (χ2v) is 4.04. The Bertz CT molecular complexity index is 499. The SMILES string of the molecule is COCCN(Cc1ccccc1)C(=O)c1ncn[nH]1. The molecule has 1 aromatic heterocycles. The predicted molar refractivity (Wildman–Crippen MR) is 69.4 cm³/mol. The molecule has 0 radical (unpaired) electrons. The molecule has 1 aromatic carbocycles. The molecule has 19 heavy (non-hydrogen) atoms. The molecule has 1 N–H and O–H groups in total. The fourth-order valence-electron chi connectivity index (χ4n) is 1.72. The smallest absolute Gasteiger partial charge is 0.291 e. The van der Waals surface area contributed by atoms with E-state index in [-0.39, 0.29) is 11.7 Å². The number of nitrogens with one attached hydrogen (secondary N) is 1. The molecule has 6 nitrogen and oxygen atoms in total. The molecule has 0 bridgehead atoms. The van der Waals surface area contributed by atoms with Crippen LogP contribution in [-0.4, -0.2) is 46.2 Å². The van der Waals surface area contributed by atoms with Gasteiger partial charge in [-0.25, -0.2) is 4.98 Å². The van der Waals surface area contributed by atoms with E-state index in [1.54, 1.807) is 12.0 Å². The summed E-state index contributed by atoms with van der Waals surface area (Å²) in [5, 5.41) is 6.28. The Balaban J connectivity index is 2.09. The highest BCUT2D eigenvalue weighted by molar-refractivity contribution is 5.90. The van der Waals surface area contributed by atoms with Crippen molar-refractivity contribution in [2.45, 2.75) is 6.54 Å². The van der Waals surface area contributed by atoms with E-state index in [1.807, 2.05) is 30.3 Å². The van der Waals surface area contributed by atoms with Crippen molar-refractivity contribution in [1.29, 1.82) is 0 Å². The summed E-state index contributed by atoms with van der Waals surface area (Å²) in [6.45, 7) is 1.50. The number of carbonyl (C=O) groups is 1. The van der Waals surface area contributed by atoms with Crippen LogP contribution >= 0.6 is 0 Å². The van der Waals surface area contributed by atoms with E-state index in [1.165, 1.54) is 6.33 Å². The summed E-state index contributed by atoms with van der Waals surface area (Å²) < 4.78 is 5.04. The van der Waals surface area contributed by atoms with Crippen LogP contribution in [0.4, 0.5) is 0 Å². The zero-order valence-electron chi connectivity index (χ0n) is 10.7. The highest BCUT2D eigenvalue weighted by atomic mass is 16.5. The minimum Gasteiger partial charge on any atom is -0.383 e. The first-order chi connectivity index (χ1) is 9.31. The quantitative estimate of drug-likeness (QED) is 0.844. The van der Waals surface area contributed by atoms with Gasteiger partial charge < -0.3 is 9.64 Å². The highest BCUT2D eigenvalue weighted by Crippen LogP contribution is 2.07. The Morgan fingerprint density at radius 3 is 2.79 bits per heavy atom. The number of aromatic amines is 1. The molecular formula is C13H16N4O2. The highest BCUT2D eigenvalue weighted by Gasteiger charge is 2.18. The molecule has 2 rings (SSSR count). The summed E-state index contributed by atoms with van der Waals surface area (Å²) in [4.78, 5) is 17.8. The molecule has 0 atom stereocenters. The number of H-pyrrole nitrogens is 1. The Labute approximate surface area is 111 Å². The lowest BCUT2D eigenvalue weighted by Crippen LogP contribution is -2.34. The van der Waals surface area contributed by atoms with E-state index in [4.69, 9.17) is 4.74 Å². The Morgan fingerprint density at radius 2 is 2.16 bits per heavy atom. The zero-order chi connectivity index (χ0) is 13.5. The van der Waals surface area contributed by atoms with Crippen LogP contribution in [0.1, 0.15) is 16.2 Å². The Morgan fingerprint density at radius 1 is 1.37 bits per heavy atom. The van der Waals surface area contributed by atoms with Crippen molar-refractivity contribution in [3.8, 4) is 0 Å². The maximum atomic E-state index is 12.3. The monoisotopic (exact) mass is 260 g/mol. The maximum Gasteiger partial charge on any atom is 0.291 e. The molecule has 0 aliphatic carbocycles. The number of rotatable bonds is 6. The molecule has 1 heterocycles.